The van der Waals surface area contributed by atoms with E-state index in [4.69, 9.17) is 0 Å². The van der Waals surface area contributed by atoms with E-state index in [9.17, 15) is 4.79 Å². The van der Waals surface area contributed by atoms with Gasteiger partial charge in [0.25, 0.3) is 5.91 Å². The summed E-state index contributed by atoms with van der Waals surface area (Å²) in [6, 6.07) is 4.25. The van der Waals surface area contributed by atoms with Crippen molar-refractivity contribution in [3.63, 3.8) is 0 Å². The average Bonchev–Trinajstić information content (AvgIpc) is 2.32. The molecule has 1 heterocycles. The van der Waals surface area contributed by atoms with Crippen LogP contribution in [0.15, 0.2) is 12.1 Å². The number of carbonyl (C=O) groups excluding carboxylic acids is 1. The molecule has 0 aliphatic carbocycles. The Hall–Kier alpha value is -1.35. The van der Waals surface area contributed by atoms with Gasteiger partial charge in [-0.2, -0.15) is 0 Å². The maximum atomic E-state index is 12.4. The Morgan fingerprint density at radius 3 is 2.19 bits per heavy atom. The number of aryl methyl sites for hydroxylation is 3. The summed E-state index contributed by atoms with van der Waals surface area (Å²) in [6.07, 6.45) is 1.29. The fourth-order valence-electron chi connectivity index (χ4n) is 3.85. The molecule has 116 valence electrons. The second-order valence-electron chi connectivity index (χ2n) is 7.10. The van der Waals surface area contributed by atoms with Crippen LogP contribution in [0, 0.1) is 32.6 Å². The SMILES string of the molecule is Cc1cc(C)c(NC(=O)C[NH+]2C[C@@H](C)C[C@H](C)C2)c(C)c1. The molecular formula is C18H29N2O+. The number of nitrogens with one attached hydrogen (secondary N) is 2. The van der Waals surface area contributed by atoms with Gasteiger partial charge in [0.2, 0.25) is 0 Å². The minimum atomic E-state index is 0.140. The van der Waals surface area contributed by atoms with Crippen LogP contribution in [-0.2, 0) is 4.79 Å². The van der Waals surface area contributed by atoms with Gasteiger partial charge in [-0.15, -0.1) is 0 Å². The lowest BCUT2D eigenvalue weighted by Gasteiger charge is -2.31. The van der Waals surface area contributed by atoms with Crippen LogP contribution >= 0.6 is 0 Å². The molecule has 2 rings (SSSR count). The second kappa shape index (κ2) is 6.61. The smallest absolute Gasteiger partial charge is 0.279 e. The first-order chi connectivity index (χ1) is 9.85. The third-order valence-corrected chi connectivity index (χ3v) is 4.43. The first-order valence-corrected chi connectivity index (χ1v) is 8.06. The standard InChI is InChI=1S/C18H28N2O/c1-12-7-15(4)18(16(5)8-12)19-17(21)11-20-9-13(2)6-14(3)10-20/h7-8,13-14H,6,9-11H2,1-5H3,(H,19,21)/p+1/t13-,14-/m0/s1. The molecule has 3 heteroatoms. The van der Waals surface area contributed by atoms with E-state index in [0.29, 0.717) is 6.54 Å². The van der Waals surface area contributed by atoms with Crippen molar-refractivity contribution in [2.24, 2.45) is 11.8 Å². The van der Waals surface area contributed by atoms with Crippen molar-refractivity contribution >= 4 is 11.6 Å². The highest BCUT2D eigenvalue weighted by molar-refractivity contribution is 5.93. The number of hydrogen-bond acceptors (Lipinski definition) is 1. The molecule has 0 spiro atoms. The maximum absolute atomic E-state index is 12.4. The van der Waals surface area contributed by atoms with Crippen LogP contribution in [-0.4, -0.2) is 25.5 Å². The van der Waals surface area contributed by atoms with Crippen molar-refractivity contribution in [3.05, 3.63) is 28.8 Å². The Labute approximate surface area is 128 Å². The summed E-state index contributed by atoms with van der Waals surface area (Å²) in [6.45, 7) is 13.6. The topological polar surface area (TPSA) is 33.5 Å². The lowest BCUT2D eigenvalue weighted by Crippen LogP contribution is -3.15. The van der Waals surface area contributed by atoms with Crippen LogP contribution in [0.1, 0.15) is 37.0 Å². The van der Waals surface area contributed by atoms with E-state index < -0.39 is 0 Å². The predicted octanol–water partition coefficient (Wildman–Crippen LogP) is 2.11. The minimum absolute atomic E-state index is 0.140. The van der Waals surface area contributed by atoms with E-state index in [1.165, 1.54) is 16.9 Å². The largest absolute Gasteiger partial charge is 0.327 e. The van der Waals surface area contributed by atoms with Gasteiger partial charge in [0.15, 0.2) is 6.54 Å². The molecule has 1 aromatic carbocycles. The highest BCUT2D eigenvalue weighted by atomic mass is 16.2. The molecule has 1 aliphatic rings. The monoisotopic (exact) mass is 289 g/mol. The zero-order valence-corrected chi connectivity index (χ0v) is 14.0. The molecule has 2 atom stereocenters. The molecule has 21 heavy (non-hydrogen) atoms. The molecule has 0 unspecified atom stereocenters. The van der Waals surface area contributed by atoms with Gasteiger partial charge in [0.05, 0.1) is 13.1 Å². The zero-order valence-electron chi connectivity index (χ0n) is 14.0. The number of quaternary nitrogens is 1. The van der Waals surface area contributed by atoms with Crippen molar-refractivity contribution in [3.8, 4) is 0 Å². The molecule has 0 saturated carbocycles. The molecule has 3 nitrogen and oxygen atoms in total. The molecule has 0 aromatic heterocycles. The Kier molecular flexibility index (Phi) is 5.04. The molecule has 1 fully saturated rings. The van der Waals surface area contributed by atoms with Gasteiger partial charge in [0.1, 0.15) is 0 Å². The summed E-state index contributed by atoms with van der Waals surface area (Å²) in [4.78, 5) is 13.8. The number of anilines is 1. The Bertz CT molecular complexity index is 491. The van der Waals surface area contributed by atoms with Gasteiger partial charge in [-0.1, -0.05) is 31.5 Å². The summed E-state index contributed by atoms with van der Waals surface area (Å²) in [7, 11) is 0. The van der Waals surface area contributed by atoms with Gasteiger partial charge in [-0.25, -0.2) is 0 Å². The molecular weight excluding hydrogens is 260 g/mol. The van der Waals surface area contributed by atoms with E-state index in [2.05, 4.69) is 52.1 Å². The highest BCUT2D eigenvalue weighted by Gasteiger charge is 2.26. The first-order valence-electron chi connectivity index (χ1n) is 8.06. The minimum Gasteiger partial charge on any atom is -0.327 e. The number of piperidine rings is 1. The molecule has 1 aliphatic heterocycles. The Morgan fingerprint density at radius 1 is 1.14 bits per heavy atom. The molecule has 1 saturated heterocycles. The number of likely N-dealkylation sites (tertiary alicyclic amines) is 1. The number of hydrogen-bond donors (Lipinski definition) is 2. The molecule has 1 amide bonds. The third-order valence-electron chi connectivity index (χ3n) is 4.43. The number of benzene rings is 1. The van der Waals surface area contributed by atoms with Crippen LogP contribution in [0.4, 0.5) is 5.69 Å². The van der Waals surface area contributed by atoms with Crippen LogP contribution in [0.25, 0.3) is 0 Å². The maximum Gasteiger partial charge on any atom is 0.279 e. The Morgan fingerprint density at radius 2 is 1.67 bits per heavy atom. The molecule has 2 N–H and O–H groups in total. The van der Waals surface area contributed by atoms with Crippen LogP contribution in [0.2, 0.25) is 0 Å². The zero-order chi connectivity index (χ0) is 15.6. The fourth-order valence-corrected chi connectivity index (χ4v) is 3.85. The number of carbonyl (C=O) groups is 1. The molecule has 0 bridgehead atoms. The van der Waals surface area contributed by atoms with E-state index in [1.54, 1.807) is 0 Å². The molecule has 1 aromatic rings. The van der Waals surface area contributed by atoms with E-state index in [1.807, 2.05) is 0 Å². The quantitative estimate of drug-likeness (QED) is 0.878. The summed E-state index contributed by atoms with van der Waals surface area (Å²) in [5, 5.41) is 3.12. The summed E-state index contributed by atoms with van der Waals surface area (Å²) in [5.74, 6) is 1.58. The number of amides is 1. The van der Waals surface area contributed by atoms with Crippen LogP contribution < -0.4 is 10.2 Å². The number of rotatable bonds is 3. The summed E-state index contributed by atoms with van der Waals surface area (Å²) < 4.78 is 0. The third kappa shape index (κ3) is 4.31. The van der Waals surface area contributed by atoms with Crippen LogP contribution in [0.5, 0.6) is 0 Å². The normalized spacial score (nSPS) is 25.7. The van der Waals surface area contributed by atoms with Gasteiger partial charge < -0.3 is 10.2 Å². The fraction of sp³-hybridized carbons (Fsp3) is 0.611. The second-order valence-corrected chi connectivity index (χ2v) is 7.10. The average molecular weight is 289 g/mol. The van der Waals surface area contributed by atoms with Gasteiger partial charge in [0, 0.05) is 17.5 Å². The molecule has 0 radical (unpaired) electrons. The van der Waals surface area contributed by atoms with Gasteiger partial charge in [-0.3, -0.25) is 4.79 Å². The van der Waals surface area contributed by atoms with Gasteiger partial charge in [-0.05, 0) is 38.3 Å². The van der Waals surface area contributed by atoms with Crippen molar-refractivity contribution in [1.29, 1.82) is 0 Å². The van der Waals surface area contributed by atoms with E-state index >= 15 is 0 Å². The summed E-state index contributed by atoms with van der Waals surface area (Å²) in [5.41, 5.74) is 4.53. The van der Waals surface area contributed by atoms with Crippen molar-refractivity contribution in [1.82, 2.24) is 0 Å². The lowest BCUT2D eigenvalue weighted by molar-refractivity contribution is -0.904. The van der Waals surface area contributed by atoms with Crippen molar-refractivity contribution in [2.45, 2.75) is 41.0 Å². The first kappa shape index (κ1) is 16.0. The Balaban J connectivity index is 1.99. The van der Waals surface area contributed by atoms with Crippen molar-refractivity contribution < 1.29 is 9.69 Å². The van der Waals surface area contributed by atoms with Crippen molar-refractivity contribution in [2.75, 3.05) is 25.0 Å². The summed E-state index contributed by atoms with van der Waals surface area (Å²) >= 11 is 0. The predicted molar refractivity (Wildman–Crippen MR) is 87.8 cm³/mol. The highest BCUT2D eigenvalue weighted by Crippen LogP contribution is 2.21. The van der Waals surface area contributed by atoms with Crippen LogP contribution in [0.3, 0.4) is 0 Å². The lowest BCUT2D eigenvalue weighted by atomic mass is 9.92. The van der Waals surface area contributed by atoms with Gasteiger partial charge >= 0.3 is 0 Å². The van der Waals surface area contributed by atoms with E-state index in [0.717, 1.165) is 41.7 Å². The van der Waals surface area contributed by atoms with E-state index in [-0.39, 0.29) is 5.91 Å².